The SMILES string of the molecule is Cc1cccc(C)c1NC(=O)c1ccnc(CC#N)c1. The lowest BCUT2D eigenvalue weighted by molar-refractivity contribution is 0.102. The summed E-state index contributed by atoms with van der Waals surface area (Å²) in [7, 11) is 0. The summed E-state index contributed by atoms with van der Waals surface area (Å²) in [5.74, 6) is -0.191. The lowest BCUT2D eigenvalue weighted by atomic mass is 10.1. The molecule has 20 heavy (non-hydrogen) atoms. The molecule has 1 amide bonds. The van der Waals surface area contributed by atoms with Gasteiger partial charge in [0.1, 0.15) is 0 Å². The molecule has 4 nitrogen and oxygen atoms in total. The van der Waals surface area contributed by atoms with Crippen molar-refractivity contribution in [1.29, 1.82) is 5.26 Å². The zero-order valence-electron chi connectivity index (χ0n) is 11.5. The fourth-order valence-corrected chi connectivity index (χ4v) is 1.99. The van der Waals surface area contributed by atoms with E-state index in [4.69, 9.17) is 5.26 Å². The van der Waals surface area contributed by atoms with Crippen molar-refractivity contribution in [2.75, 3.05) is 5.32 Å². The second kappa shape index (κ2) is 5.98. The van der Waals surface area contributed by atoms with Gasteiger partial charge in [-0.05, 0) is 37.1 Å². The fourth-order valence-electron chi connectivity index (χ4n) is 1.99. The molecule has 0 atom stereocenters. The van der Waals surface area contributed by atoms with Crippen LogP contribution >= 0.6 is 0 Å². The van der Waals surface area contributed by atoms with Crippen LogP contribution in [-0.2, 0) is 6.42 Å². The van der Waals surface area contributed by atoms with Gasteiger partial charge < -0.3 is 5.32 Å². The van der Waals surface area contributed by atoms with Crippen molar-refractivity contribution in [3.63, 3.8) is 0 Å². The smallest absolute Gasteiger partial charge is 0.255 e. The summed E-state index contributed by atoms with van der Waals surface area (Å²) in [6.07, 6.45) is 1.75. The van der Waals surface area contributed by atoms with E-state index in [2.05, 4.69) is 10.3 Å². The van der Waals surface area contributed by atoms with Gasteiger partial charge in [-0.3, -0.25) is 9.78 Å². The molecule has 2 rings (SSSR count). The molecule has 0 aliphatic carbocycles. The van der Waals surface area contributed by atoms with Crippen LogP contribution in [0.1, 0.15) is 27.2 Å². The van der Waals surface area contributed by atoms with Crippen molar-refractivity contribution in [2.24, 2.45) is 0 Å². The Morgan fingerprint density at radius 1 is 1.30 bits per heavy atom. The van der Waals surface area contributed by atoms with Gasteiger partial charge in [-0.15, -0.1) is 0 Å². The summed E-state index contributed by atoms with van der Waals surface area (Å²) in [5, 5.41) is 11.6. The minimum atomic E-state index is -0.191. The molecule has 0 unspecified atom stereocenters. The summed E-state index contributed by atoms with van der Waals surface area (Å²) in [6.45, 7) is 3.91. The molecule has 0 spiro atoms. The average Bonchev–Trinajstić information content (AvgIpc) is 2.43. The van der Waals surface area contributed by atoms with E-state index in [-0.39, 0.29) is 12.3 Å². The first-order valence-corrected chi connectivity index (χ1v) is 6.31. The van der Waals surface area contributed by atoms with Crippen LogP contribution in [0.25, 0.3) is 0 Å². The van der Waals surface area contributed by atoms with Crippen LogP contribution in [0.3, 0.4) is 0 Å². The third-order valence-corrected chi connectivity index (χ3v) is 3.06. The summed E-state index contributed by atoms with van der Waals surface area (Å²) in [5.41, 5.74) is 3.97. The van der Waals surface area contributed by atoms with Crippen molar-refractivity contribution in [3.8, 4) is 6.07 Å². The predicted molar refractivity (Wildman–Crippen MR) is 77.4 cm³/mol. The number of benzene rings is 1. The minimum Gasteiger partial charge on any atom is -0.322 e. The monoisotopic (exact) mass is 265 g/mol. The van der Waals surface area contributed by atoms with E-state index in [9.17, 15) is 4.79 Å². The molecule has 1 N–H and O–H groups in total. The Morgan fingerprint density at radius 2 is 2.00 bits per heavy atom. The van der Waals surface area contributed by atoms with Gasteiger partial charge >= 0.3 is 0 Å². The van der Waals surface area contributed by atoms with E-state index in [1.807, 2.05) is 38.1 Å². The number of nitrogens with one attached hydrogen (secondary N) is 1. The van der Waals surface area contributed by atoms with Crippen LogP contribution < -0.4 is 5.32 Å². The predicted octanol–water partition coefficient (Wildman–Crippen LogP) is 3.02. The molecule has 1 aromatic carbocycles. The zero-order chi connectivity index (χ0) is 14.5. The molecule has 100 valence electrons. The first-order valence-electron chi connectivity index (χ1n) is 6.31. The fraction of sp³-hybridized carbons (Fsp3) is 0.188. The highest BCUT2D eigenvalue weighted by Gasteiger charge is 2.10. The van der Waals surface area contributed by atoms with E-state index in [1.54, 1.807) is 18.3 Å². The summed E-state index contributed by atoms with van der Waals surface area (Å²) < 4.78 is 0. The Bertz CT molecular complexity index is 666. The third kappa shape index (κ3) is 3.01. The second-order valence-corrected chi connectivity index (χ2v) is 4.59. The third-order valence-electron chi connectivity index (χ3n) is 3.06. The van der Waals surface area contributed by atoms with Crippen LogP contribution in [0.15, 0.2) is 36.5 Å². The normalized spacial score (nSPS) is 9.85. The second-order valence-electron chi connectivity index (χ2n) is 4.59. The molecule has 0 bridgehead atoms. The molecule has 0 aliphatic rings. The highest BCUT2D eigenvalue weighted by molar-refractivity contribution is 6.05. The van der Waals surface area contributed by atoms with Crippen LogP contribution in [0.2, 0.25) is 0 Å². The van der Waals surface area contributed by atoms with Gasteiger partial charge in [-0.1, -0.05) is 18.2 Å². The quantitative estimate of drug-likeness (QED) is 0.927. The van der Waals surface area contributed by atoms with Crippen molar-refractivity contribution < 1.29 is 4.79 Å². The molecule has 4 heteroatoms. The Balaban J connectivity index is 2.24. The molecule has 1 heterocycles. The molecule has 2 aromatic rings. The largest absolute Gasteiger partial charge is 0.322 e. The Kier molecular flexibility index (Phi) is 4.11. The number of carbonyl (C=O) groups is 1. The Labute approximate surface area is 118 Å². The maximum Gasteiger partial charge on any atom is 0.255 e. The molecular formula is C16H15N3O. The number of hydrogen-bond donors (Lipinski definition) is 1. The highest BCUT2D eigenvalue weighted by Crippen LogP contribution is 2.20. The maximum absolute atomic E-state index is 12.3. The summed E-state index contributed by atoms with van der Waals surface area (Å²) in [6, 6.07) is 11.2. The molecule has 0 aliphatic heterocycles. The van der Waals surface area contributed by atoms with Crippen LogP contribution in [0.5, 0.6) is 0 Å². The van der Waals surface area contributed by atoms with Gasteiger partial charge in [0.2, 0.25) is 0 Å². The summed E-state index contributed by atoms with van der Waals surface area (Å²) in [4.78, 5) is 16.3. The number of nitriles is 1. The number of carbonyl (C=O) groups excluding carboxylic acids is 1. The van der Waals surface area contributed by atoms with Crippen LogP contribution in [0, 0.1) is 25.2 Å². The van der Waals surface area contributed by atoms with Gasteiger partial charge in [-0.2, -0.15) is 5.26 Å². The van der Waals surface area contributed by atoms with E-state index < -0.39 is 0 Å². The molecule has 0 fully saturated rings. The maximum atomic E-state index is 12.3. The van der Waals surface area contributed by atoms with Crippen molar-refractivity contribution in [1.82, 2.24) is 4.98 Å². The number of nitrogens with zero attached hydrogens (tertiary/aromatic N) is 2. The van der Waals surface area contributed by atoms with Gasteiger partial charge in [0.05, 0.1) is 18.2 Å². The number of amides is 1. The van der Waals surface area contributed by atoms with E-state index in [0.29, 0.717) is 11.3 Å². The van der Waals surface area contributed by atoms with Crippen molar-refractivity contribution >= 4 is 11.6 Å². The van der Waals surface area contributed by atoms with Gasteiger partial charge in [0, 0.05) is 17.4 Å². The van der Waals surface area contributed by atoms with Crippen molar-refractivity contribution in [3.05, 3.63) is 58.9 Å². The van der Waals surface area contributed by atoms with Gasteiger partial charge in [0.15, 0.2) is 0 Å². The number of para-hydroxylation sites is 1. The van der Waals surface area contributed by atoms with E-state index >= 15 is 0 Å². The average molecular weight is 265 g/mol. The Morgan fingerprint density at radius 3 is 2.65 bits per heavy atom. The first-order chi connectivity index (χ1) is 9.61. The number of anilines is 1. The van der Waals surface area contributed by atoms with Crippen molar-refractivity contribution in [2.45, 2.75) is 20.3 Å². The van der Waals surface area contributed by atoms with E-state index in [1.165, 1.54) is 0 Å². The molecular weight excluding hydrogens is 250 g/mol. The molecule has 0 saturated heterocycles. The number of aryl methyl sites for hydroxylation is 2. The summed E-state index contributed by atoms with van der Waals surface area (Å²) >= 11 is 0. The zero-order valence-corrected chi connectivity index (χ0v) is 11.5. The molecule has 0 saturated carbocycles. The van der Waals surface area contributed by atoms with E-state index in [0.717, 1.165) is 16.8 Å². The minimum absolute atomic E-state index is 0.191. The first kappa shape index (κ1) is 13.8. The topological polar surface area (TPSA) is 65.8 Å². The van der Waals surface area contributed by atoms with Crippen LogP contribution in [-0.4, -0.2) is 10.9 Å². The lowest BCUT2D eigenvalue weighted by Crippen LogP contribution is -2.14. The van der Waals surface area contributed by atoms with Gasteiger partial charge in [-0.25, -0.2) is 0 Å². The number of aromatic nitrogens is 1. The molecule has 1 aromatic heterocycles. The number of pyridine rings is 1. The Hall–Kier alpha value is -2.67. The standard InChI is InChI=1S/C16H15N3O/c1-11-4-3-5-12(2)15(11)19-16(20)13-7-9-18-14(10-13)6-8-17/h3-5,7,9-10H,6H2,1-2H3,(H,19,20). The van der Waals surface area contributed by atoms with Gasteiger partial charge in [0.25, 0.3) is 5.91 Å². The highest BCUT2D eigenvalue weighted by atomic mass is 16.1. The molecule has 0 radical (unpaired) electrons. The number of rotatable bonds is 3. The number of hydrogen-bond acceptors (Lipinski definition) is 3. The van der Waals surface area contributed by atoms with Crippen LogP contribution in [0.4, 0.5) is 5.69 Å². The lowest BCUT2D eigenvalue weighted by Gasteiger charge is -2.11.